The van der Waals surface area contributed by atoms with Crippen molar-refractivity contribution in [3.63, 3.8) is 0 Å². The molecule has 2 rings (SSSR count). The summed E-state index contributed by atoms with van der Waals surface area (Å²) < 4.78 is 13.3. The highest BCUT2D eigenvalue weighted by Crippen LogP contribution is 2.18. The Labute approximate surface area is 120 Å². The van der Waals surface area contributed by atoms with Crippen molar-refractivity contribution < 1.29 is 9.18 Å². The summed E-state index contributed by atoms with van der Waals surface area (Å²) >= 11 is 0. The fourth-order valence-corrected chi connectivity index (χ4v) is 2.77. The van der Waals surface area contributed by atoms with Crippen LogP contribution in [0.3, 0.4) is 0 Å². The smallest absolute Gasteiger partial charge is 0.253 e. The predicted octanol–water partition coefficient (Wildman–Crippen LogP) is 2.69. The molecule has 4 heteroatoms. The minimum absolute atomic E-state index is 0.0111. The Morgan fingerprint density at radius 3 is 2.60 bits per heavy atom. The van der Waals surface area contributed by atoms with E-state index in [0.29, 0.717) is 11.1 Å². The Hall–Kier alpha value is -1.42. The zero-order valence-corrected chi connectivity index (χ0v) is 12.5. The minimum atomic E-state index is -0.263. The molecule has 1 aromatic carbocycles. The van der Waals surface area contributed by atoms with Crippen LogP contribution >= 0.6 is 0 Å². The van der Waals surface area contributed by atoms with Crippen LogP contribution in [0.25, 0.3) is 0 Å². The average Bonchev–Trinajstić information content (AvgIpc) is 2.48. The number of carbonyl (C=O) groups excluding carboxylic acids is 1. The van der Waals surface area contributed by atoms with E-state index >= 15 is 0 Å². The maximum Gasteiger partial charge on any atom is 0.253 e. The van der Waals surface area contributed by atoms with Crippen molar-refractivity contribution in [2.24, 2.45) is 0 Å². The van der Waals surface area contributed by atoms with Crippen molar-refractivity contribution in [1.29, 1.82) is 0 Å². The molecular formula is C16H23FN2O. The van der Waals surface area contributed by atoms with E-state index in [0.717, 1.165) is 32.5 Å². The fourth-order valence-electron chi connectivity index (χ4n) is 2.77. The van der Waals surface area contributed by atoms with Crippen LogP contribution in [0, 0.1) is 12.7 Å². The van der Waals surface area contributed by atoms with E-state index in [-0.39, 0.29) is 17.8 Å². The van der Waals surface area contributed by atoms with E-state index in [9.17, 15) is 9.18 Å². The molecule has 0 aromatic heterocycles. The average molecular weight is 278 g/mol. The van der Waals surface area contributed by atoms with E-state index in [2.05, 4.69) is 11.8 Å². The van der Waals surface area contributed by atoms with Gasteiger partial charge >= 0.3 is 0 Å². The number of hydrogen-bond donors (Lipinski definition) is 0. The second-order valence-electron chi connectivity index (χ2n) is 5.55. The summed E-state index contributed by atoms with van der Waals surface area (Å²) in [6, 6.07) is 4.86. The standard InChI is InChI=1S/C16H23FN2O/c1-4-19-9-7-14(8-10-19)18(3)16(20)13-5-6-15(17)12(2)11-13/h5-6,11,14H,4,7-10H2,1-3H3. The minimum Gasteiger partial charge on any atom is -0.339 e. The maximum absolute atomic E-state index is 13.3. The molecule has 0 atom stereocenters. The van der Waals surface area contributed by atoms with Gasteiger partial charge in [-0.15, -0.1) is 0 Å². The van der Waals surface area contributed by atoms with Gasteiger partial charge in [0.05, 0.1) is 0 Å². The van der Waals surface area contributed by atoms with E-state index in [1.54, 1.807) is 19.1 Å². The molecule has 0 radical (unpaired) electrons. The molecule has 1 heterocycles. The Balaban J connectivity index is 2.03. The third kappa shape index (κ3) is 3.18. The van der Waals surface area contributed by atoms with Crippen LogP contribution in [0.4, 0.5) is 4.39 Å². The van der Waals surface area contributed by atoms with Crippen LogP contribution < -0.4 is 0 Å². The van der Waals surface area contributed by atoms with Crippen LogP contribution in [0.15, 0.2) is 18.2 Å². The molecule has 0 bridgehead atoms. The third-order valence-electron chi connectivity index (χ3n) is 4.28. The summed E-state index contributed by atoms with van der Waals surface area (Å²) in [6.07, 6.45) is 2.02. The van der Waals surface area contributed by atoms with Crippen LogP contribution in [0.5, 0.6) is 0 Å². The zero-order chi connectivity index (χ0) is 14.7. The maximum atomic E-state index is 13.3. The summed E-state index contributed by atoms with van der Waals surface area (Å²) in [7, 11) is 1.85. The summed E-state index contributed by atoms with van der Waals surface area (Å²) in [4.78, 5) is 16.7. The van der Waals surface area contributed by atoms with Gasteiger partial charge in [-0.3, -0.25) is 4.79 Å². The molecule has 1 aliphatic rings. The van der Waals surface area contributed by atoms with Gasteiger partial charge in [0.25, 0.3) is 5.91 Å². The summed E-state index contributed by atoms with van der Waals surface area (Å²) in [5.74, 6) is -0.275. The van der Waals surface area contributed by atoms with E-state index in [1.807, 2.05) is 11.9 Å². The summed E-state index contributed by atoms with van der Waals surface area (Å²) in [6.45, 7) is 7.01. The highest BCUT2D eigenvalue weighted by molar-refractivity contribution is 5.94. The molecule has 1 amide bonds. The molecule has 1 aromatic rings. The van der Waals surface area contributed by atoms with Gasteiger partial charge in [-0.2, -0.15) is 0 Å². The van der Waals surface area contributed by atoms with Crippen molar-refractivity contribution in [3.05, 3.63) is 35.1 Å². The predicted molar refractivity (Wildman–Crippen MR) is 78.4 cm³/mol. The van der Waals surface area contributed by atoms with Crippen LogP contribution in [-0.2, 0) is 0 Å². The normalized spacial score (nSPS) is 17.2. The topological polar surface area (TPSA) is 23.6 Å². The lowest BCUT2D eigenvalue weighted by atomic mass is 10.0. The van der Waals surface area contributed by atoms with Crippen molar-refractivity contribution >= 4 is 5.91 Å². The van der Waals surface area contributed by atoms with Gasteiger partial charge in [-0.05, 0) is 50.1 Å². The lowest BCUT2D eigenvalue weighted by molar-refractivity contribution is 0.0646. The zero-order valence-electron chi connectivity index (χ0n) is 12.5. The van der Waals surface area contributed by atoms with E-state index in [1.165, 1.54) is 6.07 Å². The highest BCUT2D eigenvalue weighted by atomic mass is 19.1. The van der Waals surface area contributed by atoms with Crippen molar-refractivity contribution in [2.75, 3.05) is 26.7 Å². The fraction of sp³-hybridized carbons (Fsp3) is 0.562. The van der Waals surface area contributed by atoms with Crippen LogP contribution in [-0.4, -0.2) is 48.4 Å². The SMILES string of the molecule is CCN1CCC(N(C)C(=O)c2ccc(F)c(C)c2)CC1. The van der Waals surface area contributed by atoms with E-state index < -0.39 is 0 Å². The van der Waals surface area contributed by atoms with Gasteiger partial charge in [-0.25, -0.2) is 4.39 Å². The molecule has 0 saturated carbocycles. The number of likely N-dealkylation sites (tertiary alicyclic amines) is 1. The number of hydrogen-bond acceptors (Lipinski definition) is 2. The van der Waals surface area contributed by atoms with Crippen molar-refractivity contribution in [3.8, 4) is 0 Å². The van der Waals surface area contributed by atoms with Gasteiger partial charge in [0.15, 0.2) is 0 Å². The number of piperidine rings is 1. The Kier molecular flexibility index (Phi) is 4.76. The lowest BCUT2D eigenvalue weighted by Gasteiger charge is -2.36. The van der Waals surface area contributed by atoms with Crippen LogP contribution in [0.1, 0.15) is 35.7 Å². The first-order valence-electron chi connectivity index (χ1n) is 7.28. The molecule has 0 N–H and O–H groups in total. The number of amides is 1. The molecule has 0 spiro atoms. The molecule has 0 unspecified atom stereocenters. The summed E-state index contributed by atoms with van der Waals surface area (Å²) in [5.41, 5.74) is 1.09. The van der Waals surface area contributed by atoms with Crippen LogP contribution in [0.2, 0.25) is 0 Å². The van der Waals surface area contributed by atoms with Crippen molar-refractivity contribution in [1.82, 2.24) is 9.80 Å². The summed E-state index contributed by atoms with van der Waals surface area (Å²) in [5, 5.41) is 0. The van der Waals surface area contributed by atoms with Crippen molar-refractivity contribution in [2.45, 2.75) is 32.7 Å². The largest absolute Gasteiger partial charge is 0.339 e. The van der Waals surface area contributed by atoms with Gasteiger partial charge in [-0.1, -0.05) is 6.92 Å². The Morgan fingerprint density at radius 1 is 1.40 bits per heavy atom. The highest BCUT2D eigenvalue weighted by Gasteiger charge is 2.25. The lowest BCUT2D eigenvalue weighted by Crippen LogP contribution is -2.45. The number of nitrogens with zero attached hydrogens (tertiary/aromatic N) is 2. The number of rotatable bonds is 3. The van der Waals surface area contributed by atoms with Gasteiger partial charge in [0.1, 0.15) is 5.82 Å². The number of benzene rings is 1. The first kappa shape index (κ1) is 15.0. The van der Waals surface area contributed by atoms with Gasteiger partial charge in [0.2, 0.25) is 0 Å². The Bertz CT molecular complexity index is 481. The second-order valence-corrected chi connectivity index (χ2v) is 5.55. The molecule has 3 nitrogen and oxygen atoms in total. The molecule has 20 heavy (non-hydrogen) atoms. The molecule has 1 saturated heterocycles. The molecule has 0 aliphatic carbocycles. The molecule has 1 fully saturated rings. The first-order chi connectivity index (χ1) is 9.52. The second kappa shape index (κ2) is 6.35. The van der Waals surface area contributed by atoms with Gasteiger partial charge < -0.3 is 9.80 Å². The van der Waals surface area contributed by atoms with Gasteiger partial charge in [0, 0.05) is 31.7 Å². The number of halogens is 1. The Morgan fingerprint density at radius 2 is 2.05 bits per heavy atom. The first-order valence-corrected chi connectivity index (χ1v) is 7.28. The monoisotopic (exact) mass is 278 g/mol. The third-order valence-corrected chi connectivity index (χ3v) is 4.28. The van der Waals surface area contributed by atoms with E-state index in [4.69, 9.17) is 0 Å². The molecule has 1 aliphatic heterocycles. The number of aryl methyl sites for hydroxylation is 1. The number of carbonyl (C=O) groups is 1. The quantitative estimate of drug-likeness (QED) is 0.848. The molecular weight excluding hydrogens is 255 g/mol. The molecule has 110 valence electrons.